The number of carbonyl (C=O) groups excluding carboxylic acids is 1. The lowest BCUT2D eigenvalue weighted by molar-refractivity contribution is 0.0959. The van der Waals surface area contributed by atoms with Crippen molar-refractivity contribution >= 4 is 55.4 Å². The third kappa shape index (κ3) is 3.09. The van der Waals surface area contributed by atoms with Crippen LogP contribution in [0.15, 0.2) is 71.8 Å². The van der Waals surface area contributed by atoms with E-state index in [1.807, 2.05) is 55.5 Å². The molecule has 0 spiro atoms. The van der Waals surface area contributed by atoms with Gasteiger partial charge in [0.15, 0.2) is 0 Å². The lowest BCUT2D eigenvalue weighted by Crippen LogP contribution is -2.18. The first-order chi connectivity index (χ1) is 12.6. The number of hydrazone groups is 1. The van der Waals surface area contributed by atoms with E-state index in [0.717, 1.165) is 26.7 Å². The van der Waals surface area contributed by atoms with Gasteiger partial charge in [-0.2, -0.15) is 5.10 Å². The van der Waals surface area contributed by atoms with E-state index in [1.165, 1.54) is 16.7 Å². The van der Waals surface area contributed by atoms with E-state index in [0.29, 0.717) is 9.90 Å². The van der Waals surface area contributed by atoms with Crippen molar-refractivity contribution in [1.29, 1.82) is 0 Å². The molecule has 0 bridgehead atoms. The van der Waals surface area contributed by atoms with Crippen molar-refractivity contribution in [3.63, 3.8) is 0 Å². The zero-order valence-corrected chi connectivity index (χ0v) is 15.6. The van der Waals surface area contributed by atoms with Crippen LogP contribution in [0.25, 0.3) is 20.9 Å². The summed E-state index contributed by atoms with van der Waals surface area (Å²) in [6, 6.07) is 21.9. The Labute approximate surface area is 159 Å². The van der Waals surface area contributed by atoms with Crippen LogP contribution >= 0.6 is 22.9 Å². The molecule has 128 valence electrons. The number of carbonyl (C=O) groups is 1. The van der Waals surface area contributed by atoms with Crippen molar-refractivity contribution in [3.05, 3.63) is 82.2 Å². The smallest absolute Gasteiger partial charge is 0.266 e. The molecule has 26 heavy (non-hydrogen) atoms. The first kappa shape index (κ1) is 16.8. The fraction of sp³-hybridized carbons (Fsp3) is 0.0476. The summed E-state index contributed by atoms with van der Waals surface area (Å²) in [6.07, 6.45) is 0. The highest BCUT2D eigenvalue weighted by Crippen LogP contribution is 2.34. The number of hydrogen-bond donors (Lipinski definition) is 1. The van der Waals surface area contributed by atoms with Gasteiger partial charge in [0, 0.05) is 10.1 Å². The Kier molecular flexibility index (Phi) is 4.45. The molecule has 1 aromatic heterocycles. The minimum absolute atomic E-state index is 0.295. The number of thiophene rings is 1. The van der Waals surface area contributed by atoms with Crippen molar-refractivity contribution in [2.45, 2.75) is 6.92 Å². The molecule has 0 unspecified atom stereocenters. The average molecular weight is 379 g/mol. The number of fused-ring (bicyclic) bond motifs is 2. The summed E-state index contributed by atoms with van der Waals surface area (Å²) >= 11 is 7.72. The topological polar surface area (TPSA) is 41.5 Å². The highest BCUT2D eigenvalue weighted by molar-refractivity contribution is 7.21. The lowest BCUT2D eigenvalue weighted by Gasteiger charge is -2.04. The van der Waals surface area contributed by atoms with Crippen LogP contribution < -0.4 is 5.43 Å². The fourth-order valence-electron chi connectivity index (χ4n) is 2.82. The van der Waals surface area contributed by atoms with Gasteiger partial charge in [-0.1, -0.05) is 66.2 Å². The Morgan fingerprint density at radius 2 is 1.73 bits per heavy atom. The molecular weight excluding hydrogens is 364 g/mol. The van der Waals surface area contributed by atoms with E-state index >= 15 is 0 Å². The second kappa shape index (κ2) is 6.90. The summed E-state index contributed by atoms with van der Waals surface area (Å²) in [5.41, 5.74) is 4.32. The normalized spacial score (nSPS) is 11.8. The van der Waals surface area contributed by atoms with Gasteiger partial charge in [0.2, 0.25) is 0 Å². The highest BCUT2D eigenvalue weighted by Gasteiger charge is 2.16. The maximum Gasteiger partial charge on any atom is 0.283 e. The Morgan fingerprint density at radius 3 is 2.54 bits per heavy atom. The Hall–Kier alpha value is -2.69. The number of halogens is 1. The van der Waals surface area contributed by atoms with Crippen molar-refractivity contribution in [1.82, 2.24) is 5.43 Å². The van der Waals surface area contributed by atoms with E-state index in [1.54, 1.807) is 0 Å². The zero-order chi connectivity index (χ0) is 18.1. The molecule has 3 nitrogen and oxygen atoms in total. The van der Waals surface area contributed by atoms with Crippen LogP contribution in [0, 0.1) is 0 Å². The van der Waals surface area contributed by atoms with Crippen LogP contribution in [0.3, 0.4) is 0 Å². The summed E-state index contributed by atoms with van der Waals surface area (Å²) in [4.78, 5) is 13.0. The second-order valence-electron chi connectivity index (χ2n) is 5.94. The van der Waals surface area contributed by atoms with E-state index in [2.05, 4.69) is 28.7 Å². The molecule has 4 rings (SSSR count). The maximum atomic E-state index is 12.5. The van der Waals surface area contributed by atoms with Gasteiger partial charge in [0.1, 0.15) is 4.88 Å². The second-order valence-corrected chi connectivity index (χ2v) is 7.37. The van der Waals surface area contributed by atoms with Crippen LogP contribution in [0.5, 0.6) is 0 Å². The highest BCUT2D eigenvalue weighted by atomic mass is 35.5. The number of amides is 1. The van der Waals surface area contributed by atoms with Crippen LogP contribution in [0.1, 0.15) is 22.2 Å². The van der Waals surface area contributed by atoms with Crippen molar-refractivity contribution in [2.24, 2.45) is 5.10 Å². The van der Waals surface area contributed by atoms with Gasteiger partial charge in [-0.25, -0.2) is 5.43 Å². The zero-order valence-electron chi connectivity index (χ0n) is 14.0. The maximum absolute atomic E-state index is 12.5. The van der Waals surface area contributed by atoms with Gasteiger partial charge in [0.05, 0.1) is 10.7 Å². The van der Waals surface area contributed by atoms with Gasteiger partial charge < -0.3 is 0 Å². The number of nitrogens with zero attached hydrogens (tertiary/aromatic N) is 1. The molecule has 3 aromatic carbocycles. The third-order valence-electron chi connectivity index (χ3n) is 4.23. The lowest BCUT2D eigenvalue weighted by atomic mass is 10.0. The molecule has 0 fully saturated rings. The van der Waals surface area contributed by atoms with Crippen LogP contribution in [-0.2, 0) is 0 Å². The Bertz CT molecular complexity index is 1160. The summed E-state index contributed by atoms with van der Waals surface area (Å²) in [5, 5.41) is 7.93. The molecule has 5 heteroatoms. The molecule has 0 saturated heterocycles. The van der Waals surface area contributed by atoms with Crippen molar-refractivity contribution < 1.29 is 4.79 Å². The molecule has 1 amide bonds. The summed E-state index contributed by atoms with van der Waals surface area (Å²) < 4.78 is 0.984. The van der Waals surface area contributed by atoms with Crippen LogP contribution in [0.2, 0.25) is 5.02 Å². The number of benzene rings is 3. The molecule has 0 radical (unpaired) electrons. The summed E-state index contributed by atoms with van der Waals surface area (Å²) in [7, 11) is 0. The van der Waals surface area contributed by atoms with Crippen LogP contribution in [0.4, 0.5) is 0 Å². The number of nitrogens with one attached hydrogen (secondary N) is 1. The van der Waals surface area contributed by atoms with Gasteiger partial charge in [-0.15, -0.1) is 11.3 Å². The third-order valence-corrected chi connectivity index (χ3v) is 5.91. The van der Waals surface area contributed by atoms with E-state index in [4.69, 9.17) is 11.6 Å². The van der Waals surface area contributed by atoms with Crippen molar-refractivity contribution in [2.75, 3.05) is 0 Å². The predicted octanol–water partition coefficient (Wildman–Crippen LogP) is 5.86. The molecule has 0 saturated carbocycles. The predicted molar refractivity (Wildman–Crippen MR) is 110 cm³/mol. The van der Waals surface area contributed by atoms with E-state index in [-0.39, 0.29) is 5.91 Å². The molecule has 1 N–H and O–H groups in total. The largest absolute Gasteiger partial charge is 0.283 e. The van der Waals surface area contributed by atoms with Crippen molar-refractivity contribution in [3.8, 4) is 0 Å². The first-order valence-corrected chi connectivity index (χ1v) is 9.34. The van der Waals surface area contributed by atoms with Gasteiger partial charge >= 0.3 is 0 Å². The Morgan fingerprint density at radius 1 is 1.00 bits per heavy atom. The molecule has 0 aliphatic rings. The molecular formula is C21H15ClN2OS. The SMILES string of the molecule is CC(=NNC(=O)c1sc2ccccc2c1Cl)c1ccc2ccccc2c1. The first-order valence-electron chi connectivity index (χ1n) is 8.14. The standard InChI is InChI=1S/C21H15ClN2OS/c1-13(15-11-10-14-6-2-3-7-16(14)12-15)23-24-21(25)20-19(22)17-8-4-5-9-18(17)26-20/h2-12H,1H3,(H,24,25). The van der Waals surface area contributed by atoms with E-state index in [9.17, 15) is 4.79 Å². The Balaban J connectivity index is 1.59. The molecule has 0 aliphatic carbocycles. The summed E-state index contributed by atoms with van der Waals surface area (Å²) in [5.74, 6) is -0.295. The molecule has 1 heterocycles. The number of rotatable bonds is 3. The fourth-order valence-corrected chi connectivity index (χ4v) is 4.23. The monoisotopic (exact) mass is 378 g/mol. The minimum Gasteiger partial charge on any atom is -0.266 e. The molecule has 0 aliphatic heterocycles. The molecule has 4 aromatic rings. The van der Waals surface area contributed by atoms with Gasteiger partial charge in [-0.05, 0) is 35.4 Å². The quantitative estimate of drug-likeness (QED) is 0.352. The summed E-state index contributed by atoms with van der Waals surface area (Å²) in [6.45, 7) is 1.87. The number of hydrogen-bond acceptors (Lipinski definition) is 3. The van der Waals surface area contributed by atoms with Gasteiger partial charge in [0.25, 0.3) is 5.91 Å². The molecule has 0 atom stereocenters. The van der Waals surface area contributed by atoms with Crippen LogP contribution in [-0.4, -0.2) is 11.6 Å². The van der Waals surface area contributed by atoms with Gasteiger partial charge in [-0.3, -0.25) is 4.79 Å². The van der Waals surface area contributed by atoms with E-state index < -0.39 is 0 Å². The average Bonchev–Trinajstić information content (AvgIpc) is 3.02. The minimum atomic E-state index is -0.295.